The van der Waals surface area contributed by atoms with E-state index in [1.807, 2.05) is 32.0 Å². The summed E-state index contributed by atoms with van der Waals surface area (Å²) in [6, 6.07) is 11.0. The van der Waals surface area contributed by atoms with E-state index in [4.69, 9.17) is 4.74 Å². The Morgan fingerprint density at radius 3 is 2.71 bits per heavy atom. The van der Waals surface area contributed by atoms with Crippen molar-refractivity contribution in [2.24, 2.45) is 0 Å². The standard InChI is InChI=1S/C20H17BrN2O4S/c1-11-3-4-12(2)15(7-11)22-18(24)10-27-16-6-5-14(21)8-13(16)9-17-19(25)23-20(26)28-17/h3-9H,10H2,1-2H3,(H,22,24)(H,23,25,26)/b17-9-. The van der Waals surface area contributed by atoms with Gasteiger partial charge in [0.2, 0.25) is 0 Å². The van der Waals surface area contributed by atoms with Gasteiger partial charge in [0.05, 0.1) is 4.91 Å². The van der Waals surface area contributed by atoms with E-state index in [0.29, 0.717) is 11.3 Å². The third-order valence-corrected chi connectivity index (χ3v) is 5.23. The lowest BCUT2D eigenvalue weighted by molar-refractivity contribution is -0.118. The van der Waals surface area contributed by atoms with Crippen LogP contribution in [0.25, 0.3) is 6.08 Å². The highest BCUT2D eigenvalue weighted by Crippen LogP contribution is 2.31. The second-order valence-electron chi connectivity index (χ2n) is 6.19. The summed E-state index contributed by atoms with van der Waals surface area (Å²) in [6.07, 6.45) is 1.56. The molecule has 2 N–H and O–H groups in total. The second kappa shape index (κ2) is 8.62. The second-order valence-corrected chi connectivity index (χ2v) is 8.12. The summed E-state index contributed by atoms with van der Waals surface area (Å²) in [5.41, 5.74) is 3.33. The number of nitrogens with one attached hydrogen (secondary N) is 2. The van der Waals surface area contributed by atoms with E-state index in [1.54, 1.807) is 24.3 Å². The first kappa shape index (κ1) is 20.2. The van der Waals surface area contributed by atoms with Crippen molar-refractivity contribution in [2.75, 3.05) is 11.9 Å². The van der Waals surface area contributed by atoms with Crippen LogP contribution in [0.4, 0.5) is 10.5 Å². The number of benzene rings is 2. The lowest BCUT2D eigenvalue weighted by Crippen LogP contribution is -2.21. The first-order valence-electron chi connectivity index (χ1n) is 8.36. The Balaban J connectivity index is 1.73. The molecule has 0 radical (unpaired) electrons. The lowest BCUT2D eigenvalue weighted by atomic mass is 10.1. The van der Waals surface area contributed by atoms with Crippen LogP contribution in [0.2, 0.25) is 0 Å². The fraction of sp³-hybridized carbons (Fsp3) is 0.150. The van der Waals surface area contributed by atoms with Crippen LogP contribution in [0.5, 0.6) is 5.75 Å². The number of thioether (sulfide) groups is 1. The van der Waals surface area contributed by atoms with E-state index in [2.05, 4.69) is 26.6 Å². The molecule has 0 aliphatic carbocycles. The van der Waals surface area contributed by atoms with Crippen molar-refractivity contribution in [3.8, 4) is 5.75 Å². The molecule has 0 unspecified atom stereocenters. The molecule has 2 aromatic rings. The molecule has 0 saturated carbocycles. The number of halogens is 1. The van der Waals surface area contributed by atoms with Crippen LogP contribution in [-0.4, -0.2) is 23.7 Å². The highest BCUT2D eigenvalue weighted by atomic mass is 79.9. The molecule has 0 bridgehead atoms. The van der Waals surface area contributed by atoms with Crippen LogP contribution in [-0.2, 0) is 9.59 Å². The highest BCUT2D eigenvalue weighted by Gasteiger charge is 2.25. The number of amides is 3. The van der Waals surface area contributed by atoms with Crippen LogP contribution in [0.15, 0.2) is 45.8 Å². The van der Waals surface area contributed by atoms with Crippen molar-refractivity contribution >= 4 is 56.5 Å². The summed E-state index contributed by atoms with van der Waals surface area (Å²) in [7, 11) is 0. The molecule has 0 atom stereocenters. The number of hydrogen-bond acceptors (Lipinski definition) is 5. The van der Waals surface area contributed by atoms with E-state index < -0.39 is 11.1 Å². The van der Waals surface area contributed by atoms with Gasteiger partial charge in [-0.2, -0.15) is 0 Å². The Kier molecular flexibility index (Phi) is 6.21. The van der Waals surface area contributed by atoms with Gasteiger partial charge in [0.15, 0.2) is 6.61 Å². The molecule has 2 aromatic carbocycles. The minimum absolute atomic E-state index is 0.191. The summed E-state index contributed by atoms with van der Waals surface area (Å²) in [4.78, 5) is 35.7. The molecule has 144 valence electrons. The van der Waals surface area contributed by atoms with E-state index in [0.717, 1.165) is 33.0 Å². The lowest BCUT2D eigenvalue weighted by Gasteiger charge is -2.12. The monoisotopic (exact) mass is 460 g/mol. The summed E-state index contributed by atoms with van der Waals surface area (Å²) in [5, 5.41) is 4.63. The number of hydrogen-bond donors (Lipinski definition) is 2. The molecule has 1 fully saturated rings. The molecule has 0 aromatic heterocycles. The van der Waals surface area contributed by atoms with Gasteiger partial charge in [-0.1, -0.05) is 28.1 Å². The van der Waals surface area contributed by atoms with Crippen molar-refractivity contribution in [3.63, 3.8) is 0 Å². The van der Waals surface area contributed by atoms with Gasteiger partial charge in [0.1, 0.15) is 5.75 Å². The molecular weight excluding hydrogens is 444 g/mol. The molecule has 3 rings (SSSR count). The number of carbonyl (C=O) groups is 3. The SMILES string of the molecule is Cc1ccc(C)c(NC(=O)COc2ccc(Br)cc2/C=C2\SC(=O)NC2=O)c1. The zero-order chi connectivity index (χ0) is 20.3. The first-order chi connectivity index (χ1) is 13.3. The van der Waals surface area contributed by atoms with Gasteiger partial charge in [0.25, 0.3) is 17.1 Å². The Morgan fingerprint density at radius 1 is 1.21 bits per heavy atom. The quantitative estimate of drug-likeness (QED) is 0.645. The normalized spacial score (nSPS) is 14.9. The first-order valence-corrected chi connectivity index (χ1v) is 9.97. The number of anilines is 1. The highest BCUT2D eigenvalue weighted by molar-refractivity contribution is 9.10. The Bertz CT molecular complexity index is 1000. The van der Waals surface area contributed by atoms with E-state index in [-0.39, 0.29) is 17.4 Å². The van der Waals surface area contributed by atoms with Crippen LogP contribution >= 0.6 is 27.7 Å². The molecule has 28 heavy (non-hydrogen) atoms. The minimum Gasteiger partial charge on any atom is -0.483 e. The predicted molar refractivity (Wildman–Crippen MR) is 113 cm³/mol. The molecule has 3 amide bonds. The minimum atomic E-state index is -0.450. The molecule has 1 aliphatic rings. The summed E-state index contributed by atoms with van der Waals surface area (Å²) in [6.45, 7) is 3.68. The molecular formula is C20H17BrN2O4S. The smallest absolute Gasteiger partial charge is 0.290 e. The van der Waals surface area contributed by atoms with Gasteiger partial charge in [-0.3, -0.25) is 19.7 Å². The van der Waals surface area contributed by atoms with Crippen molar-refractivity contribution in [3.05, 3.63) is 62.5 Å². The fourth-order valence-electron chi connectivity index (χ4n) is 2.53. The van der Waals surface area contributed by atoms with E-state index in [9.17, 15) is 14.4 Å². The Morgan fingerprint density at radius 2 is 2.00 bits per heavy atom. The predicted octanol–water partition coefficient (Wildman–Crippen LogP) is 4.41. The molecule has 1 heterocycles. The van der Waals surface area contributed by atoms with Crippen molar-refractivity contribution in [1.29, 1.82) is 0 Å². The van der Waals surface area contributed by atoms with E-state index >= 15 is 0 Å². The van der Waals surface area contributed by atoms with Crippen LogP contribution in [0.1, 0.15) is 16.7 Å². The largest absolute Gasteiger partial charge is 0.483 e. The molecule has 6 nitrogen and oxygen atoms in total. The number of carbonyl (C=O) groups excluding carboxylic acids is 3. The Hall–Kier alpha value is -2.58. The van der Waals surface area contributed by atoms with Gasteiger partial charge >= 0.3 is 0 Å². The van der Waals surface area contributed by atoms with Gasteiger partial charge in [0, 0.05) is 15.7 Å². The number of imide groups is 1. The van der Waals surface area contributed by atoms with Gasteiger partial charge in [-0.25, -0.2) is 0 Å². The Labute approximate surface area is 174 Å². The van der Waals surface area contributed by atoms with Gasteiger partial charge < -0.3 is 10.1 Å². The van der Waals surface area contributed by atoms with E-state index in [1.165, 1.54) is 0 Å². The van der Waals surface area contributed by atoms with Crippen LogP contribution in [0, 0.1) is 13.8 Å². The molecule has 8 heteroatoms. The topological polar surface area (TPSA) is 84.5 Å². The summed E-state index contributed by atoms with van der Waals surface area (Å²) >= 11 is 4.20. The van der Waals surface area contributed by atoms with Gasteiger partial charge in [-0.05, 0) is 67.1 Å². The number of ether oxygens (including phenoxy) is 1. The number of rotatable bonds is 5. The zero-order valence-corrected chi connectivity index (χ0v) is 17.6. The zero-order valence-electron chi connectivity index (χ0n) is 15.2. The van der Waals surface area contributed by atoms with Crippen LogP contribution in [0.3, 0.4) is 0 Å². The molecule has 1 saturated heterocycles. The summed E-state index contributed by atoms with van der Waals surface area (Å²) in [5.74, 6) is -0.313. The van der Waals surface area contributed by atoms with Crippen molar-refractivity contribution in [2.45, 2.75) is 13.8 Å². The average Bonchev–Trinajstić information content (AvgIpc) is 2.94. The third kappa shape index (κ3) is 5.02. The molecule has 0 spiro atoms. The maximum atomic E-state index is 12.3. The van der Waals surface area contributed by atoms with Crippen molar-refractivity contribution < 1.29 is 19.1 Å². The molecule has 1 aliphatic heterocycles. The average molecular weight is 461 g/mol. The summed E-state index contributed by atoms with van der Waals surface area (Å²) < 4.78 is 6.44. The fourth-order valence-corrected chi connectivity index (χ4v) is 3.58. The number of aryl methyl sites for hydroxylation is 2. The van der Waals surface area contributed by atoms with Crippen LogP contribution < -0.4 is 15.4 Å². The maximum absolute atomic E-state index is 12.3. The third-order valence-electron chi connectivity index (χ3n) is 3.93. The van der Waals surface area contributed by atoms with Crippen molar-refractivity contribution in [1.82, 2.24) is 5.32 Å². The van der Waals surface area contributed by atoms with Gasteiger partial charge in [-0.15, -0.1) is 0 Å². The maximum Gasteiger partial charge on any atom is 0.290 e.